The molecule has 2 aliphatic heterocycles. The molecule has 0 amide bonds. The van der Waals surface area contributed by atoms with Crippen molar-refractivity contribution in [1.82, 2.24) is 0 Å². The van der Waals surface area contributed by atoms with Gasteiger partial charge in [0.05, 0.1) is 12.2 Å². The van der Waals surface area contributed by atoms with Crippen molar-refractivity contribution in [2.45, 2.75) is 31.5 Å². The quantitative estimate of drug-likeness (QED) is 0.728. The van der Waals surface area contributed by atoms with Crippen LogP contribution in [0.1, 0.15) is 24.8 Å². The normalized spacial score (nSPS) is 28.4. The number of hydrogen-bond acceptors (Lipinski definition) is 1. The Balaban J connectivity index is 1.73. The lowest BCUT2D eigenvalue weighted by molar-refractivity contribution is 0.0618. The van der Waals surface area contributed by atoms with Crippen LogP contribution in [0.15, 0.2) is 48.1 Å². The van der Waals surface area contributed by atoms with Crippen molar-refractivity contribution in [3.8, 4) is 0 Å². The highest BCUT2D eigenvalue weighted by molar-refractivity contribution is 5.53. The third-order valence-electron chi connectivity index (χ3n) is 3.29. The fourth-order valence-electron chi connectivity index (χ4n) is 2.47. The van der Waals surface area contributed by atoms with Crippen LogP contribution in [0, 0.1) is 0 Å². The van der Waals surface area contributed by atoms with Gasteiger partial charge < -0.3 is 4.74 Å². The first-order chi connectivity index (χ1) is 7.90. The molecule has 0 N–H and O–H groups in total. The minimum atomic E-state index is 0.383. The van der Waals surface area contributed by atoms with Crippen LogP contribution >= 0.6 is 0 Å². The zero-order valence-corrected chi connectivity index (χ0v) is 9.30. The molecule has 1 saturated heterocycles. The highest BCUT2D eigenvalue weighted by atomic mass is 16.5. The summed E-state index contributed by atoms with van der Waals surface area (Å²) < 4.78 is 5.77. The zero-order valence-electron chi connectivity index (χ0n) is 9.30. The molecule has 82 valence electrons. The summed E-state index contributed by atoms with van der Waals surface area (Å²) >= 11 is 0. The SMILES string of the molecule is C1=C(/C=C/c2ccccc2)C[C@H]2CC[C@@H]1O2. The molecule has 1 aromatic rings. The summed E-state index contributed by atoms with van der Waals surface area (Å²) in [5.41, 5.74) is 2.70. The maximum atomic E-state index is 5.77. The third-order valence-corrected chi connectivity index (χ3v) is 3.29. The van der Waals surface area contributed by atoms with Crippen molar-refractivity contribution in [3.05, 3.63) is 53.6 Å². The molecule has 1 nitrogen and oxygen atoms in total. The smallest absolute Gasteiger partial charge is 0.0766 e. The van der Waals surface area contributed by atoms with Gasteiger partial charge in [0.25, 0.3) is 0 Å². The lowest BCUT2D eigenvalue weighted by atomic mass is 10.1. The Labute approximate surface area is 96.4 Å². The Kier molecular flexibility index (Phi) is 2.63. The van der Waals surface area contributed by atoms with Crippen molar-refractivity contribution in [3.63, 3.8) is 0 Å². The van der Waals surface area contributed by atoms with E-state index in [1.807, 2.05) is 6.07 Å². The molecule has 1 fully saturated rings. The highest BCUT2D eigenvalue weighted by Gasteiger charge is 2.28. The summed E-state index contributed by atoms with van der Waals surface area (Å²) in [4.78, 5) is 0. The molecule has 2 heterocycles. The summed E-state index contributed by atoms with van der Waals surface area (Å²) in [6, 6.07) is 10.4. The summed E-state index contributed by atoms with van der Waals surface area (Å²) in [6.07, 6.45) is 11.1. The van der Waals surface area contributed by atoms with E-state index in [0.29, 0.717) is 12.2 Å². The number of ether oxygens (including phenoxy) is 1. The van der Waals surface area contributed by atoms with Crippen LogP contribution in [0.4, 0.5) is 0 Å². The van der Waals surface area contributed by atoms with Crippen LogP contribution < -0.4 is 0 Å². The van der Waals surface area contributed by atoms with Crippen molar-refractivity contribution >= 4 is 6.08 Å². The molecule has 0 spiro atoms. The zero-order chi connectivity index (χ0) is 10.8. The highest BCUT2D eigenvalue weighted by Crippen LogP contribution is 2.32. The van der Waals surface area contributed by atoms with E-state index in [4.69, 9.17) is 4.74 Å². The predicted molar refractivity (Wildman–Crippen MR) is 66.1 cm³/mol. The van der Waals surface area contributed by atoms with Crippen LogP contribution in [-0.4, -0.2) is 12.2 Å². The Bertz CT molecular complexity index is 416. The second kappa shape index (κ2) is 4.26. The molecule has 16 heavy (non-hydrogen) atoms. The summed E-state index contributed by atoms with van der Waals surface area (Å²) in [5, 5.41) is 0. The fourth-order valence-corrected chi connectivity index (χ4v) is 2.47. The van der Waals surface area contributed by atoms with E-state index in [0.717, 1.165) is 6.42 Å². The van der Waals surface area contributed by atoms with E-state index >= 15 is 0 Å². The van der Waals surface area contributed by atoms with Gasteiger partial charge in [0, 0.05) is 0 Å². The first-order valence-corrected chi connectivity index (χ1v) is 5.99. The molecule has 3 rings (SSSR count). The van der Waals surface area contributed by atoms with Gasteiger partial charge >= 0.3 is 0 Å². The predicted octanol–water partition coefficient (Wildman–Crippen LogP) is 3.58. The molecule has 0 radical (unpaired) electrons. The lowest BCUT2D eigenvalue weighted by Gasteiger charge is -2.18. The van der Waals surface area contributed by atoms with E-state index in [9.17, 15) is 0 Å². The van der Waals surface area contributed by atoms with Gasteiger partial charge in [-0.1, -0.05) is 48.6 Å². The third kappa shape index (κ3) is 2.10. The summed E-state index contributed by atoms with van der Waals surface area (Å²) in [6.45, 7) is 0. The van der Waals surface area contributed by atoms with E-state index in [-0.39, 0.29) is 0 Å². The van der Waals surface area contributed by atoms with Gasteiger partial charge in [-0.15, -0.1) is 0 Å². The summed E-state index contributed by atoms with van der Waals surface area (Å²) in [5.74, 6) is 0. The van der Waals surface area contributed by atoms with Gasteiger partial charge in [0.2, 0.25) is 0 Å². The average Bonchev–Trinajstić information content (AvgIpc) is 2.67. The maximum Gasteiger partial charge on any atom is 0.0766 e. The molecular formula is C15H16O. The minimum absolute atomic E-state index is 0.383. The topological polar surface area (TPSA) is 9.23 Å². The van der Waals surface area contributed by atoms with Gasteiger partial charge in [0.1, 0.15) is 0 Å². The lowest BCUT2D eigenvalue weighted by Crippen LogP contribution is -2.15. The van der Waals surface area contributed by atoms with Crippen molar-refractivity contribution in [2.24, 2.45) is 0 Å². The Morgan fingerprint density at radius 1 is 1.06 bits per heavy atom. The van der Waals surface area contributed by atoms with Gasteiger partial charge in [-0.05, 0) is 30.4 Å². The Morgan fingerprint density at radius 2 is 1.94 bits per heavy atom. The van der Waals surface area contributed by atoms with Gasteiger partial charge in [0.15, 0.2) is 0 Å². The number of fused-ring (bicyclic) bond motifs is 2. The van der Waals surface area contributed by atoms with Gasteiger partial charge in [-0.2, -0.15) is 0 Å². The standard InChI is InChI=1S/C15H16O/c1-2-4-12(5-3-1)6-7-13-10-14-8-9-15(11-13)16-14/h1-7,10,14-15H,8-9,11H2/b7-6+/t14-,15+/m0/s1. The van der Waals surface area contributed by atoms with Crippen LogP contribution in [0.25, 0.3) is 6.08 Å². The van der Waals surface area contributed by atoms with E-state index in [1.54, 1.807) is 0 Å². The number of hydrogen-bond donors (Lipinski definition) is 0. The molecule has 2 bridgehead atoms. The molecule has 0 saturated carbocycles. The van der Waals surface area contributed by atoms with Crippen molar-refractivity contribution in [2.75, 3.05) is 0 Å². The van der Waals surface area contributed by atoms with Crippen LogP contribution in [0.5, 0.6) is 0 Å². The molecule has 2 atom stereocenters. The molecule has 0 aromatic heterocycles. The largest absolute Gasteiger partial charge is 0.371 e. The van der Waals surface area contributed by atoms with E-state index in [2.05, 4.69) is 42.5 Å². The van der Waals surface area contributed by atoms with Gasteiger partial charge in [-0.3, -0.25) is 0 Å². The maximum absolute atomic E-state index is 5.77. The summed E-state index contributed by atoms with van der Waals surface area (Å²) in [7, 11) is 0. The van der Waals surface area contributed by atoms with Crippen molar-refractivity contribution < 1.29 is 4.74 Å². The van der Waals surface area contributed by atoms with E-state index < -0.39 is 0 Å². The van der Waals surface area contributed by atoms with Crippen LogP contribution in [0.3, 0.4) is 0 Å². The average molecular weight is 212 g/mol. The molecule has 1 aromatic carbocycles. The molecular weight excluding hydrogens is 196 g/mol. The van der Waals surface area contributed by atoms with Crippen LogP contribution in [-0.2, 0) is 4.74 Å². The minimum Gasteiger partial charge on any atom is -0.371 e. The van der Waals surface area contributed by atoms with Crippen molar-refractivity contribution in [1.29, 1.82) is 0 Å². The Hall–Kier alpha value is -1.34. The Morgan fingerprint density at radius 3 is 2.75 bits per heavy atom. The van der Waals surface area contributed by atoms with E-state index in [1.165, 1.54) is 24.0 Å². The first kappa shape index (κ1) is 9.86. The fraction of sp³-hybridized carbons (Fsp3) is 0.333. The molecule has 1 heteroatoms. The number of allylic oxidation sites excluding steroid dienone is 1. The van der Waals surface area contributed by atoms with Gasteiger partial charge in [-0.25, -0.2) is 0 Å². The second-order valence-corrected chi connectivity index (χ2v) is 4.56. The first-order valence-electron chi connectivity index (χ1n) is 5.99. The number of rotatable bonds is 2. The second-order valence-electron chi connectivity index (χ2n) is 4.56. The van der Waals surface area contributed by atoms with Crippen LogP contribution in [0.2, 0.25) is 0 Å². The molecule has 2 aliphatic rings. The molecule has 0 aliphatic carbocycles. The number of benzene rings is 1. The molecule has 0 unspecified atom stereocenters. The monoisotopic (exact) mass is 212 g/mol.